The molecule has 0 bridgehead atoms. The summed E-state index contributed by atoms with van der Waals surface area (Å²) >= 11 is 3.68. The van der Waals surface area contributed by atoms with Crippen LogP contribution in [0.25, 0.3) is 11.1 Å². The minimum atomic E-state index is -0.784. The number of carbonyl (C=O) groups excluding carboxylic acids is 1. The number of nitrogens with one attached hydrogen (secondary N) is 1. The SMILES string of the molecule is Cc1cccc2c1-c1c(C)cccc1[C@](CBr)(c1ccccc1)C(=O)N2. The van der Waals surface area contributed by atoms with E-state index in [4.69, 9.17) is 0 Å². The molecule has 0 unspecified atom stereocenters. The highest BCUT2D eigenvalue weighted by Gasteiger charge is 2.45. The van der Waals surface area contributed by atoms with E-state index >= 15 is 0 Å². The number of rotatable bonds is 2. The zero-order valence-electron chi connectivity index (χ0n) is 14.8. The summed E-state index contributed by atoms with van der Waals surface area (Å²) < 4.78 is 0. The van der Waals surface area contributed by atoms with Gasteiger partial charge in [0.25, 0.3) is 0 Å². The van der Waals surface area contributed by atoms with Gasteiger partial charge in [-0.05, 0) is 47.7 Å². The predicted octanol–water partition coefficient (Wildman–Crippen LogP) is 5.60. The van der Waals surface area contributed by atoms with E-state index in [1.165, 1.54) is 5.56 Å². The Kier molecular flexibility index (Phi) is 4.20. The average Bonchev–Trinajstić information content (AvgIpc) is 2.76. The molecule has 1 aliphatic rings. The van der Waals surface area contributed by atoms with Gasteiger partial charge < -0.3 is 5.32 Å². The summed E-state index contributed by atoms with van der Waals surface area (Å²) in [4.78, 5) is 13.6. The molecule has 2 nitrogen and oxygen atoms in total. The molecule has 0 aromatic heterocycles. The molecular weight excluding hydrogens is 386 g/mol. The lowest BCUT2D eigenvalue weighted by Gasteiger charge is -2.32. The Labute approximate surface area is 162 Å². The largest absolute Gasteiger partial charge is 0.324 e. The molecule has 26 heavy (non-hydrogen) atoms. The first-order valence-electron chi connectivity index (χ1n) is 8.72. The number of benzene rings is 3. The Balaban J connectivity index is 2.15. The summed E-state index contributed by atoms with van der Waals surface area (Å²) in [5, 5.41) is 3.72. The number of hydrogen-bond acceptors (Lipinski definition) is 1. The number of carbonyl (C=O) groups is 1. The van der Waals surface area contributed by atoms with E-state index in [0.717, 1.165) is 33.5 Å². The maximum Gasteiger partial charge on any atom is 0.240 e. The van der Waals surface area contributed by atoms with Crippen LogP contribution in [0.15, 0.2) is 66.7 Å². The van der Waals surface area contributed by atoms with Crippen LogP contribution in [0.2, 0.25) is 0 Å². The molecule has 0 fully saturated rings. The Hall–Kier alpha value is -2.39. The maximum absolute atomic E-state index is 13.6. The van der Waals surface area contributed by atoms with Crippen molar-refractivity contribution in [2.24, 2.45) is 0 Å². The second-order valence-corrected chi connectivity index (χ2v) is 7.41. The molecule has 4 rings (SSSR count). The van der Waals surface area contributed by atoms with Crippen LogP contribution in [0.5, 0.6) is 0 Å². The van der Waals surface area contributed by atoms with Gasteiger partial charge >= 0.3 is 0 Å². The smallest absolute Gasteiger partial charge is 0.240 e. The first-order chi connectivity index (χ1) is 12.6. The van der Waals surface area contributed by atoms with Crippen LogP contribution in [-0.4, -0.2) is 11.2 Å². The second-order valence-electron chi connectivity index (χ2n) is 6.85. The van der Waals surface area contributed by atoms with E-state index in [2.05, 4.69) is 53.3 Å². The van der Waals surface area contributed by atoms with E-state index in [0.29, 0.717) is 5.33 Å². The Morgan fingerprint density at radius 3 is 2.19 bits per heavy atom. The monoisotopic (exact) mass is 405 g/mol. The normalized spacial score (nSPS) is 18.5. The van der Waals surface area contributed by atoms with E-state index < -0.39 is 5.41 Å². The van der Waals surface area contributed by atoms with Gasteiger partial charge in [0.15, 0.2) is 0 Å². The van der Waals surface area contributed by atoms with Gasteiger partial charge in [-0.1, -0.05) is 76.6 Å². The van der Waals surface area contributed by atoms with Gasteiger partial charge in [-0.2, -0.15) is 0 Å². The summed E-state index contributed by atoms with van der Waals surface area (Å²) in [7, 11) is 0. The third-order valence-electron chi connectivity index (χ3n) is 5.36. The molecule has 3 heteroatoms. The molecule has 1 atom stereocenters. The minimum Gasteiger partial charge on any atom is -0.324 e. The first-order valence-corrected chi connectivity index (χ1v) is 9.85. The van der Waals surface area contributed by atoms with E-state index in [9.17, 15) is 4.79 Å². The molecule has 130 valence electrons. The second kappa shape index (κ2) is 6.40. The van der Waals surface area contributed by atoms with Gasteiger partial charge in [-0.25, -0.2) is 0 Å². The molecule has 1 aliphatic heterocycles. The zero-order chi connectivity index (χ0) is 18.3. The Morgan fingerprint density at radius 1 is 0.846 bits per heavy atom. The van der Waals surface area contributed by atoms with Crippen molar-refractivity contribution >= 4 is 27.5 Å². The molecule has 0 saturated heterocycles. The number of amides is 1. The summed E-state index contributed by atoms with van der Waals surface area (Å²) in [6, 6.07) is 22.4. The van der Waals surface area contributed by atoms with Crippen LogP contribution in [0.4, 0.5) is 5.69 Å². The van der Waals surface area contributed by atoms with Crippen molar-refractivity contribution in [3.05, 3.63) is 89.0 Å². The van der Waals surface area contributed by atoms with E-state index in [1.54, 1.807) is 0 Å². The van der Waals surface area contributed by atoms with Crippen molar-refractivity contribution in [2.75, 3.05) is 10.6 Å². The van der Waals surface area contributed by atoms with Gasteiger partial charge in [0.05, 0.1) is 0 Å². The standard InChI is InChI=1S/C23H20BrNO/c1-15-8-6-12-18-20(15)21-16(2)9-7-13-19(21)25-22(26)23(18,14-24)17-10-4-3-5-11-17/h3-13H,14H2,1-2H3,(H,25,26)/t23-/m0/s1. The maximum atomic E-state index is 13.6. The molecule has 1 N–H and O–H groups in total. The number of anilines is 1. The fraction of sp³-hybridized carbons (Fsp3) is 0.174. The number of fused-ring (bicyclic) bond motifs is 3. The molecular formula is C23H20BrNO. The molecule has 0 aliphatic carbocycles. The number of alkyl halides is 1. The third kappa shape index (κ3) is 2.34. The van der Waals surface area contributed by atoms with Crippen LogP contribution in [0.3, 0.4) is 0 Å². The molecule has 1 amide bonds. The lowest BCUT2D eigenvalue weighted by Crippen LogP contribution is -2.42. The predicted molar refractivity (Wildman–Crippen MR) is 111 cm³/mol. The van der Waals surface area contributed by atoms with Crippen molar-refractivity contribution in [1.29, 1.82) is 0 Å². The van der Waals surface area contributed by atoms with Crippen LogP contribution in [0, 0.1) is 13.8 Å². The fourth-order valence-electron chi connectivity index (χ4n) is 4.03. The molecule has 0 radical (unpaired) electrons. The lowest BCUT2D eigenvalue weighted by molar-refractivity contribution is -0.119. The van der Waals surface area contributed by atoms with Crippen LogP contribution in [0.1, 0.15) is 22.3 Å². The topological polar surface area (TPSA) is 29.1 Å². The molecule has 3 aromatic rings. The van der Waals surface area contributed by atoms with E-state index in [1.807, 2.05) is 48.5 Å². The van der Waals surface area contributed by atoms with Crippen molar-refractivity contribution in [2.45, 2.75) is 19.3 Å². The minimum absolute atomic E-state index is 0.00299. The van der Waals surface area contributed by atoms with Crippen molar-refractivity contribution in [3.8, 4) is 11.1 Å². The van der Waals surface area contributed by atoms with E-state index in [-0.39, 0.29) is 5.91 Å². The van der Waals surface area contributed by atoms with Crippen molar-refractivity contribution in [1.82, 2.24) is 0 Å². The fourth-order valence-corrected chi connectivity index (χ4v) is 4.91. The number of halogens is 1. The molecule has 3 aromatic carbocycles. The van der Waals surface area contributed by atoms with Gasteiger partial charge in [0, 0.05) is 16.6 Å². The summed E-state index contributed by atoms with van der Waals surface area (Å²) in [5.74, 6) is -0.00299. The summed E-state index contributed by atoms with van der Waals surface area (Å²) in [6.07, 6.45) is 0. The number of hydrogen-bond donors (Lipinski definition) is 1. The first kappa shape index (κ1) is 17.0. The molecule has 0 spiro atoms. The zero-order valence-corrected chi connectivity index (χ0v) is 16.4. The average molecular weight is 406 g/mol. The van der Waals surface area contributed by atoms with Crippen molar-refractivity contribution in [3.63, 3.8) is 0 Å². The summed E-state index contributed by atoms with van der Waals surface area (Å²) in [6.45, 7) is 4.22. The molecule has 0 saturated carbocycles. The Morgan fingerprint density at radius 2 is 1.50 bits per heavy atom. The quantitative estimate of drug-likeness (QED) is 0.552. The van der Waals surface area contributed by atoms with Gasteiger partial charge in [-0.3, -0.25) is 4.79 Å². The van der Waals surface area contributed by atoms with Gasteiger partial charge in [-0.15, -0.1) is 0 Å². The van der Waals surface area contributed by atoms with Crippen molar-refractivity contribution < 1.29 is 4.79 Å². The highest BCUT2D eigenvalue weighted by Crippen LogP contribution is 2.47. The van der Waals surface area contributed by atoms with Crippen LogP contribution < -0.4 is 5.32 Å². The lowest BCUT2D eigenvalue weighted by atomic mass is 9.72. The van der Waals surface area contributed by atoms with Crippen LogP contribution >= 0.6 is 15.9 Å². The third-order valence-corrected chi connectivity index (χ3v) is 6.20. The van der Waals surface area contributed by atoms with Crippen LogP contribution in [-0.2, 0) is 10.2 Å². The Bertz CT molecular complexity index is 996. The highest BCUT2D eigenvalue weighted by molar-refractivity contribution is 9.09. The van der Waals surface area contributed by atoms with Gasteiger partial charge in [0.1, 0.15) is 5.41 Å². The van der Waals surface area contributed by atoms with Gasteiger partial charge in [0.2, 0.25) is 5.91 Å². The summed E-state index contributed by atoms with van der Waals surface area (Å²) in [5.41, 5.74) is 6.75. The number of aryl methyl sites for hydroxylation is 2. The molecule has 1 heterocycles. The highest BCUT2D eigenvalue weighted by atomic mass is 79.9.